The fourth-order valence-electron chi connectivity index (χ4n) is 3.61. The lowest BCUT2D eigenvalue weighted by atomic mass is 9.91. The van der Waals surface area contributed by atoms with Gasteiger partial charge in [-0.2, -0.15) is 0 Å². The van der Waals surface area contributed by atoms with Crippen LogP contribution in [0.5, 0.6) is 0 Å². The van der Waals surface area contributed by atoms with Crippen LogP contribution < -0.4 is 10.2 Å². The Labute approximate surface area is 137 Å². The van der Waals surface area contributed by atoms with Gasteiger partial charge in [0.15, 0.2) is 0 Å². The van der Waals surface area contributed by atoms with Crippen molar-refractivity contribution in [1.29, 1.82) is 0 Å². The molecule has 1 aliphatic heterocycles. The predicted molar refractivity (Wildman–Crippen MR) is 98.9 cm³/mol. The minimum Gasteiger partial charge on any atom is -0.379 e. The summed E-state index contributed by atoms with van der Waals surface area (Å²) in [4.78, 5) is 2.71. The van der Waals surface area contributed by atoms with Gasteiger partial charge in [-0.05, 0) is 31.4 Å². The first-order valence-corrected chi connectivity index (χ1v) is 9.44. The third-order valence-corrected chi connectivity index (χ3v) is 4.89. The first-order chi connectivity index (χ1) is 10.8. The molecule has 0 saturated carbocycles. The highest BCUT2D eigenvalue weighted by Gasteiger charge is 2.32. The molecule has 2 rings (SSSR count). The van der Waals surface area contributed by atoms with E-state index in [-0.39, 0.29) is 0 Å². The number of fused-ring (bicyclic) bond motifs is 1. The number of nitrogens with one attached hydrogen (secondary N) is 1. The molecular weight excluding hydrogens is 268 g/mol. The van der Waals surface area contributed by atoms with E-state index >= 15 is 0 Å². The molecule has 2 atom stereocenters. The molecule has 0 aromatic heterocycles. The van der Waals surface area contributed by atoms with Crippen molar-refractivity contribution < 1.29 is 0 Å². The maximum absolute atomic E-state index is 3.86. The van der Waals surface area contributed by atoms with Crippen LogP contribution >= 0.6 is 0 Å². The first-order valence-electron chi connectivity index (χ1n) is 9.44. The molecule has 0 radical (unpaired) electrons. The normalized spacial score (nSPS) is 20.6. The molecule has 0 spiro atoms. The second-order valence-corrected chi connectivity index (χ2v) is 6.67. The molecule has 0 amide bonds. The molecule has 1 aromatic carbocycles. The fraction of sp³-hybridized carbons (Fsp3) is 0.700. The molecule has 1 aliphatic rings. The van der Waals surface area contributed by atoms with Gasteiger partial charge in [0.2, 0.25) is 0 Å². The lowest BCUT2D eigenvalue weighted by molar-refractivity contribution is 0.424. The van der Waals surface area contributed by atoms with E-state index in [0.29, 0.717) is 12.1 Å². The van der Waals surface area contributed by atoms with Gasteiger partial charge in [0.1, 0.15) is 0 Å². The Morgan fingerprint density at radius 3 is 2.32 bits per heavy atom. The second-order valence-electron chi connectivity index (χ2n) is 6.67. The smallest absolute Gasteiger partial charge is 0.0605 e. The molecule has 0 saturated heterocycles. The van der Waals surface area contributed by atoms with E-state index in [1.165, 1.54) is 69.3 Å². The molecule has 1 aromatic rings. The van der Waals surface area contributed by atoms with Crippen molar-refractivity contribution in [3.63, 3.8) is 0 Å². The Balaban J connectivity index is 2.24. The number of hydrogen-bond acceptors (Lipinski definition) is 2. The van der Waals surface area contributed by atoms with Crippen LogP contribution in [0.2, 0.25) is 0 Å². The van der Waals surface area contributed by atoms with Crippen LogP contribution in [0.1, 0.15) is 72.1 Å². The summed E-state index contributed by atoms with van der Waals surface area (Å²) in [6, 6.07) is 10.2. The maximum atomic E-state index is 3.86. The molecule has 0 fully saturated rings. The molecular formula is C20H34N2. The zero-order valence-corrected chi connectivity index (χ0v) is 14.8. The van der Waals surface area contributed by atoms with Crippen LogP contribution in [-0.2, 0) is 0 Å². The number of hydrogen-bond donors (Lipinski definition) is 1. The summed E-state index contributed by atoms with van der Waals surface area (Å²) in [6.45, 7) is 8.10. The molecule has 22 heavy (non-hydrogen) atoms. The van der Waals surface area contributed by atoms with Gasteiger partial charge in [0.25, 0.3) is 0 Å². The quantitative estimate of drug-likeness (QED) is 0.617. The standard InChI is InChI=1S/C20H34N2/c1-4-7-12-17-19(14-8-5-2)22(16-9-6-3)20-15-11-10-13-18(20)21-17/h10-11,13,15,17,19,21H,4-9,12,14,16H2,1-3H3. The van der Waals surface area contributed by atoms with E-state index in [4.69, 9.17) is 0 Å². The average Bonchev–Trinajstić information content (AvgIpc) is 2.56. The SMILES string of the molecule is CCCCC1Nc2ccccc2N(CCCC)C1CCCC. The van der Waals surface area contributed by atoms with E-state index in [1.807, 2.05) is 0 Å². The minimum atomic E-state index is 0.609. The zero-order valence-electron chi connectivity index (χ0n) is 14.8. The number of rotatable bonds is 9. The van der Waals surface area contributed by atoms with Gasteiger partial charge in [-0.1, -0.05) is 65.0 Å². The van der Waals surface area contributed by atoms with Crippen LogP contribution in [0.4, 0.5) is 11.4 Å². The number of anilines is 2. The molecule has 1 N–H and O–H groups in total. The topological polar surface area (TPSA) is 15.3 Å². The Morgan fingerprint density at radius 2 is 1.59 bits per heavy atom. The summed E-state index contributed by atoms with van der Waals surface area (Å²) in [5.41, 5.74) is 2.76. The van der Waals surface area contributed by atoms with Crippen LogP contribution in [0.25, 0.3) is 0 Å². The van der Waals surface area contributed by atoms with Crippen molar-refractivity contribution in [2.45, 2.75) is 84.2 Å². The molecule has 2 heteroatoms. The van der Waals surface area contributed by atoms with Gasteiger partial charge in [-0.25, -0.2) is 0 Å². The molecule has 0 bridgehead atoms. The molecule has 2 unspecified atom stereocenters. The number of benzene rings is 1. The van der Waals surface area contributed by atoms with E-state index in [1.54, 1.807) is 0 Å². The highest BCUT2D eigenvalue weighted by atomic mass is 15.2. The zero-order chi connectivity index (χ0) is 15.8. The maximum Gasteiger partial charge on any atom is 0.0605 e. The van der Waals surface area contributed by atoms with Crippen molar-refractivity contribution in [3.05, 3.63) is 24.3 Å². The van der Waals surface area contributed by atoms with Crippen molar-refractivity contribution in [1.82, 2.24) is 0 Å². The summed E-state index contributed by atoms with van der Waals surface area (Å²) < 4.78 is 0. The summed E-state index contributed by atoms with van der Waals surface area (Å²) in [5.74, 6) is 0. The van der Waals surface area contributed by atoms with Gasteiger partial charge < -0.3 is 10.2 Å². The third-order valence-electron chi connectivity index (χ3n) is 4.89. The summed E-state index contributed by atoms with van der Waals surface area (Å²) >= 11 is 0. The highest BCUT2D eigenvalue weighted by molar-refractivity contribution is 5.73. The van der Waals surface area contributed by atoms with Crippen LogP contribution in [0.3, 0.4) is 0 Å². The minimum absolute atomic E-state index is 0.609. The third kappa shape index (κ3) is 4.18. The molecule has 0 aliphatic carbocycles. The van der Waals surface area contributed by atoms with Gasteiger partial charge >= 0.3 is 0 Å². The predicted octanol–water partition coefficient (Wildman–Crippen LogP) is 5.84. The van der Waals surface area contributed by atoms with Crippen molar-refractivity contribution >= 4 is 11.4 Å². The van der Waals surface area contributed by atoms with E-state index in [9.17, 15) is 0 Å². The number of nitrogens with zero attached hydrogens (tertiary/aromatic N) is 1. The second kappa shape index (κ2) is 9.07. The van der Waals surface area contributed by atoms with Crippen molar-refractivity contribution in [2.75, 3.05) is 16.8 Å². The molecule has 1 heterocycles. The van der Waals surface area contributed by atoms with Gasteiger partial charge in [0, 0.05) is 18.6 Å². The Kier molecular flexibility index (Phi) is 7.08. The van der Waals surface area contributed by atoms with Crippen LogP contribution in [0, 0.1) is 0 Å². The average molecular weight is 303 g/mol. The van der Waals surface area contributed by atoms with Crippen LogP contribution in [-0.4, -0.2) is 18.6 Å². The van der Waals surface area contributed by atoms with Crippen LogP contribution in [0.15, 0.2) is 24.3 Å². The first kappa shape index (κ1) is 17.2. The summed E-state index contributed by atoms with van der Waals surface area (Å²) in [7, 11) is 0. The number of unbranched alkanes of at least 4 members (excludes halogenated alkanes) is 3. The van der Waals surface area contributed by atoms with Gasteiger partial charge in [0.05, 0.1) is 11.4 Å². The molecule has 2 nitrogen and oxygen atoms in total. The molecule has 124 valence electrons. The summed E-state index contributed by atoms with van der Waals surface area (Å²) in [6.07, 6.45) is 10.4. The van der Waals surface area contributed by atoms with Gasteiger partial charge in [-0.3, -0.25) is 0 Å². The Morgan fingerprint density at radius 1 is 0.909 bits per heavy atom. The van der Waals surface area contributed by atoms with Gasteiger partial charge in [-0.15, -0.1) is 0 Å². The summed E-state index contributed by atoms with van der Waals surface area (Å²) in [5, 5.41) is 3.86. The Bertz CT molecular complexity index is 429. The Hall–Kier alpha value is -1.18. The monoisotopic (exact) mass is 302 g/mol. The fourth-order valence-corrected chi connectivity index (χ4v) is 3.61. The van der Waals surface area contributed by atoms with Crippen molar-refractivity contribution in [2.24, 2.45) is 0 Å². The highest BCUT2D eigenvalue weighted by Crippen LogP contribution is 2.36. The lowest BCUT2D eigenvalue weighted by Crippen LogP contribution is -2.51. The van der Waals surface area contributed by atoms with E-state index in [0.717, 1.165) is 0 Å². The lowest BCUT2D eigenvalue weighted by Gasteiger charge is -2.45. The largest absolute Gasteiger partial charge is 0.379 e. The van der Waals surface area contributed by atoms with Crippen molar-refractivity contribution in [3.8, 4) is 0 Å². The van der Waals surface area contributed by atoms with E-state index in [2.05, 4.69) is 55.3 Å². The van der Waals surface area contributed by atoms with E-state index < -0.39 is 0 Å². The number of para-hydroxylation sites is 2.